The molecule has 0 bridgehead atoms. The van der Waals surface area contributed by atoms with Crippen LogP contribution in [0.4, 0.5) is 0 Å². The number of ether oxygens (including phenoxy) is 1. The quantitative estimate of drug-likeness (QED) is 0.213. The number of unbranched alkanes of at least 4 members (excludes halogenated alkanes) is 11. The molecule has 0 aliphatic heterocycles. The maximum absolute atomic E-state index is 11.9. The van der Waals surface area contributed by atoms with E-state index in [9.17, 15) is 18.1 Å². The van der Waals surface area contributed by atoms with E-state index >= 15 is 0 Å². The second kappa shape index (κ2) is 17.1. The minimum absolute atomic E-state index is 0. The Morgan fingerprint density at radius 3 is 1.88 bits per heavy atom. The summed E-state index contributed by atoms with van der Waals surface area (Å²) in [5, 5.41) is 11.9. The molecule has 2 aromatic carbocycles. The zero-order valence-corrected chi connectivity index (χ0v) is 24.2. The summed E-state index contributed by atoms with van der Waals surface area (Å²) in [4.78, 5) is -0.308. The SMILES string of the molecule is CCCCCCCCCCCCCCc1ccc(Oc2ccccc2[O-])c(S(=O)(=O)O)c1.[K+]. The van der Waals surface area contributed by atoms with Gasteiger partial charge in [-0.3, -0.25) is 4.55 Å². The fraction of sp³-hybridized carbons (Fsp3) is 0.538. The van der Waals surface area contributed by atoms with E-state index in [1.807, 2.05) is 0 Å². The second-order valence-corrected chi connectivity index (χ2v) is 9.83. The molecule has 0 aromatic heterocycles. The van der Waals surface area contributed by atoms with Crippen LogP contribution in [-0.2, 0) is 16.5 Å². The van der Waals surface area contributed by atoms with Crippen LogP contribution in [0.5, 0.6) is 17.2 Å². The van der Waals surface area contributed by atoms with E-state index in [0.29, 0.717) is 0 Å². The summed E-state index contributed by atoms with van der Waals surface area (Å²) >= 11 is 0. The van der Waals surface area contributed by atoms with Crippen LogP contribution in [0.15, 0.2) is 47.4 Å². The Morgan fingerprint density at radius 1 is 0.788 bits per heavy atom. The molecule has 0 heterocycles. The molecule has 178 valence electrons. The number of benzene rings is 2. The number of hydrogen-bond acceptors (Lipinski definition) is 4. The van der Waals surface area contributed by atoms with Gasteiger partial charge in [-0.25, -0.2) is 0 Å². The fourth-order valence-corrected chi connectivity index (χ4v) is 4.48. The normalized spacial score (nSPS) is 11.2. The third-order valence-electron chi connectivity index (χ3n) is 5.67. The van der Waals surface area contributed by atoms with E-state index in [2.05, 4.69) is 6.92 Å². The molecule has 7 heteroatoms. The Balaban J connectivity index is 0.00000544. The van der Waals surface area contributed by atoms with Crippen LogP contribution in [-0.4, -0.2) is 13.0 Å². The average Bonchev–Trinajstić information content (AvgIpc) is 2.76. The van der Waals surface area contributed by atoms with E-state index in [0.717, 1.165) is 24.8 Å². The van der Waals surface area contributed by atoms with Crippen molar-refractivity contribution in [3.63, 3.8) is 0 Å². The Hall–Kier alpha value is -0.414. The number of para-hydroxylation sites is 2. The van der Waals surface area contributed by atoms with Crippen molar-refractivity contribution in [2.75, 3.05) is 0 Å². The fourth-order valence-electron chi connectivity index (χ4n) is 3.82. The molecule has 0 amide bonds. The summed E-state index contributed by atoms with van der Waals surface area (Å²) in [6.07, 6.45) is 15.9. The van der Waals surface area contributed by atoms with Crippen molar-refractivity contribution in [1.29, 1.82) is 0 Å². The van der Waals surface area contributed by atoms with Gasteiger partial charge in [-0.15, -0.1) is 0 Å². The summed E-state index contributed by atoms with van der Waals surface area (Å²) in [5.74, 6) is -0.380. The Bertz CT molecular complexity index is 915. The topological polar surface area (TPSA) is 86.7 Å². The maximum atomic E-state index is 11.9. The Labute approximate surface area is 242 Å². The zero-order chi connectivity index (χ0) is 23.2. The molecule has 0 radical (unpaired) electrons. The minimum Gasteiger partial charge on any atom is -0.870 e. The zero-order valence-electron chi connectivity index (χ0n) is 20.2. The molecule has 33 heavy (non-hydrogen) atoms. The van der Waals surface area contributed by atoms with Gasteiger partial charge < -0.3 is 9.84 Å². The van der Waals surface area contributed by atoms with Crippen molar-refractivity contribution in [1.82, 2.24) is 0 Å². The largest absolute Gasteiger partial charge is 1.00 e. The first-order valence-corrected chi connectivity index (χ1v) is 13.4. The van der Waals surface area contributed by atoms with Crippen LogP contribution in [0.3, 0.4) is 0 Å². The number of hydrogen-bond donors (Lipinski definition) is 1. The van der Waals surface area contributed by atoms with Crippen LogP contribution in [0.25, 0.3) is 0 Å². The van der Waals surface area contributed by atoms with Gasteiger partial charge in [0.1, 0.15) is 16.4 Å². The van der Waals surface area contributed by atoms with Gasteiger partial charge in [-0.1, -0.05) is 108 Å². The molecule has 0 atom stereocenters. The van der Waals surface area contributed by atoms with Crippen molar-refractivity contribution in [3.8, 4) is 17.2 Å². The predicted octanol–water partition coefficient (Wildman–Crippen LogP) is 4.05. The van der Waals surface area contributed by atoms with Crippen LogP contribution in [0.1, 0.15) is 89.5 Å². The minimum atomic E-state index is -4.47. The van der Waals surface area contributed by atoms with E-state index in [1.165, 1.54) is 88.5 Å². The van der Waals surface area contributed by atoms with Crippen LogP contribution in [0.2, 0.25) is 0 Å². The molecular weight excluding hydrogens is 463 g/mol. The van der Waals surface area contributed by atoms with Gasteiger partial charge in [0.15, 0.2) is 0 Å². The maximum Gasteiger partial charge on any atom is 1.00 e. The molecule has 0 fully saturated rings. The molecule has 0 spiro atoms. The summed E-state index contributed by atoms with van der Waals surface area (Å²) in [5.41, 5.74) is 0.826. The third-order valence-corrected chi connectivity index (χ3v) is 6.55. The van der Waals surface area contributed by atoms with Crippen LogP contribution < -0.4 is 61.2 Å². The van der Waals surface area contributed by atoms with Gasteiger partial charge in [-0.2, -0.15) is 8.42 Å². The van der Waals surface area contributed by atoms with Crippen molar-refractivity contribution >= 4 is 10.1 Å². The first-order chi connectivity index (χ1) is 15.4. The van der Waals surface area contributed by atoms with Crippen LogP contribution >= 0.6 is 0 Å². The van der Waals surface area contributed by atoms with Crippen molar-refractivity contribution < 1.29 is 74.2 Å². The number of rotatable bonds is 16. The summed E-state index contributed by atoms with van der Waals surface area (Å²) in [7, 11) is -4.47. The average molecular weight is 501 g/mol. The standard InChI is InChI=1S/C26H38O5S.K/c1-2-3-4-5-6-7-8-9-10-11-12-13-16-22-19-20-25(26(21-22)32(28,29)30)31-24-18-15-14-17-23(24)27;/h14-15,17-21,27H,2-13,16H2,1H3,(H,28,29,30);/q;+1/p-1. The predicted molar refractivity (Wildman–Crippen MR) is 127 cm³/mol. The Morgan fingerprint density at radius 2 is 1.33 bits per heavy atom. The van der Waals surface area contributed by atoms with Gasteiger partial charge in [0.05, 0.1) is 0 Å². The van der Waals surface area contributed by atoms with Gasteiger partial charge in [0.25, 0.3) is 10.1 Å². The molecule has 2 rings (SSSR count). The molecule has 5 nitrogen and oxygen atoms in total. The molecule has 0 unspecified atom stereocenters. The monoisotopic (exact) mass is 500 g/mol. The summed E-state index contributed by atoms with van der Waals surface area (Å²) in [6, 6.07) is 10.8. The third kappa shape index (κ3) is 12.2. The van der Waals surface area contributed by atoms with E-state index in [4.69, 9.17) is 4.74 Å². The molecule has 0 aliphatic carbocycles. The van der Waals surface area contributed by atoms with Crippen molar-refractivity contribution in [2.24, 2.45) is 0 Å². The molecule has 0 saturated heterocycles. The summed E-state index contributed by atoms with van der Waals surface area (Å²) < 4.78 is 38.8. The Kier molecular flexibility index (Phi) is 15.9. The molecule has 0 saturated carbocycles. The molecule has 1 N–H and O–H groups in total. The molecule has 2 aromatic rings. The first kappa shape index (κ1) is 30.6. The summed E-state index contributed by atoms with van der Waals surface area (Å²) in [6.45, 7) is 2.24. The van der Waals surface area contributed by atoms with E-state index in [1.54, 1.807) is 18.2 Å². The van der Waals surface area contributed by atoms with E-state index in [-0.39, 0.29) is 73.5 Å². The number of aryl methyl sites for hydroxylation is 1. The molecular formula is C26H37KO5S. The van der Waals surface area contributed by atoms with Crippen LogP contribution in [0, 0.1) is 0 Å². The van der Waals surface area contributed by atoms with Crippen molar-refractivity contribution in [3.05, 3.63) is 48.0 Å². The molecule has 0 aliphatic rings. The van der Waals surface area contributed by atoms with Gasteiger partial charge >= 0.3 is 51.4 Å². The van der Waals surface area contributed by atoms with Gasteiger partial charge in [0, 0.05) is 0 Å². The van der Waals surface area contributed by atoms with E-state index < -0.39 is 10.1 Å². The second-order valence-electron chi connectivity index (χ2n) is 8.44. The van der Waals surface area contributed by atoms with Gasteiger partial charge in [0.2, 0.25) is 0 Å². The first-order valence-electron chi connectivity index (χ1n) is 12.0. The van der Waals surface area contributed by atoms with Crippen molar-refractivity contribution in [2.45, 2.75) is 95.3 Å². The van der Waals surface area contributed by atoms with Gasteiger partial charge in [-0.05, 0) is 36.6 Å². The smallest absolute Gasteiger partial charge is 0.870 e.